The van der Waals surface area contributed by atoms with Crippen molar-refractivity contribution < 1.29 is 9.21 Å². The summed E-state index contributed by atoms with van der Waals surface area (Å²) >= 11 is 0. The molecule has 1 aliphatic heterocycles. The van der Waals surface area contributed by atoms with E-state index in [1.165, 1.54) is 12.3 Å². The highest BCUT2D eigenvalue weighted by molar-refractivity contribution is 5.97. The van der Waals surface area contributed by atoms with Crippen LogP contribution in [0.15, 0.2) is 64.1 Å². The minimum atomic E-state index is -0.114. The molecular weight excluding hydrogens is 356 g/mol. The van der Waals surface area contributed by atoms with Crippen molar-refractivity contribution in [1.82, 2.24) is 19.5 Å². The number of hydrogen-bond acceptors (Lipinski definition) is 5. The van der Waals surface area contributed by atoms with Crippen molar-refractivity contribution in [2.24, 2.45) is 0 Å². The van der Waals surface area contributed by atoms with Crippen molar-refractivity contribution in [3.8, 4) is 0 Å². The number of aromatic nitrogens is 3. The summed E-state index contributed by atoms with van der Waals surface area (Å²) < 4.78 is 7.40. The zero-order valence-electron chi connectivity index (χ0n) is 15.1. The van der Waals surface area contributed by atoms with Gasteiger partial charge < -0.3 is 9.32 Å². The quantitative estimate of drug-likeness (QED) is 0.539. The average molecular weight is 374 g/mol. The highest BCUT2D eigenvalue weighted by Crippen LogP contribution is 2.27. The van der Waals surface area contributed by atoms with Crippen LogP contribution in [0, 0.1) is 0 Å². The number of rotatable bonds is 2. The number of pyridine rings is 1. The Morgan fingerprint density at radius 3 is 3.00 bits per heavy atom. The van der Waals surface area contributed by atoms with Gasteiger partial charge in [-0.2, -0.15) is 0 Å². The van der Waals surface area contributed by atoms with E-state index in [-0.39, 0.29) is 17.3 Å². The molecule has 5 rings (SSSR count). The molecular formula is C21H18N4O3. The average Bonchev–Trinajstić information content (AvgIpc) is 3.17. The van der Waals surface area contributed by atoms with Crippen LogP contribution in [-0.2, 0) is 0 Å². The Morgan fingerprint density at radius 2 is 2.07 bits per heavy atom. The number of piperidine rings is 1. The van der Waals surface area contributed by atoms with E-state index in [1.54, 1.807) is 18.2 Å². The molecule has 1 unspecified atom stereocenters. The predicted octanol–water partition coefficient (Wildman–Crippen LogP) is 2.86. The van der Waals surface area contributed by atoms with Crippen LogP contribution in [0.5, 0.6) is 0 Å². The lowest BCUT2D eigenvalue weighted by Gasteiger charge is -2.32. The Morgan fingerprint density at radius 1 is 1.14 bits per heavy atom. The van der Waals surface area contributed by atoms with Gasteiger partial charge in [-0.05, 0) is 43.2 Å². The minimum Gasteiger partial charge on any atom is -0.464 e. The van der Waals surface area contributed by atoms with Gasteiger partial charge in [0.2, 0.25) is 0 Å². The van der Waals surface area contributed by atoms with E-state index in [9.17, 15) is 9.59 Å². The number of carbonyl (C=O) groups is 1. The molecule has 1 aromatic carbocycles. The summed E-state index contributed by atoms with van der Waals surface area (Å²) in [4.78, 5) is 26.8. The van der Waals surface area contributed by atoms with Crippen molar-refractivity contribution >= 4 is 22.5 Å². The molecule has 0 N–H and O–H groups in total. The molecule has 7 heteroatoms. The monoisotopic (exact) mass is 374 g/mol. The standard InChI is InChI=1S/C21H18N4O3/c26-17-8-11-28-18-12-14(6-7-16(17)18)21(27)24-9-3-4-15(13-24)20-23-22-19-5-1-2-10-25(19)20/h1-2,5-8,10-12,15H,3-4,9,13H2. The highest BCUT2D eigenvalue weighted by Gasteiger charge is 2.28. The first-order chi connectivity index (χ1) is 13.7. The molecule has 0 spiro atoms. The van der Waals surface area contributed by atoms with Gasteiger partial charge in [0, 0.05) is 36.8 Å². The van der Waals surface area contributed by atoms with E-state index >= 15 is 0 Å². The predicted molar refractivity (Wildman–Crippen MR) is 103 cm³/mol. The molecule has 3 aromatic heterocycles. The normalized spacial score (nSPS) is 17.3. The van der Waals surface area contributed by atoms with Gasteiger partial charge in [0.25, 0.3) is 5.91 Å². The molecule has 1 saturated heterocycles. The van der Waals surface area contributed by atoms with Gasteiger partial charge >= 0.3 is 0 Å². The fraction of sp³-hybridized carbons (Fsp3) is 0.238. The maximum absolute atomic E-state index is 13.1. The Balaban J connectivity index is 1.43. The van der Waals surface area contributed by atoms with Gasteiger partial charge in [-0.1, -0.05) is 6.07 Å². The second-order valence-corrected chi connectivity index (χ2v) is 7.07. The van der Waals surface area contributed by atoms with E-state index < -0.39 is 0 Å². The minimum absolute atomic E-state index is 0.0630. The maximum Gasteiger partial charge on any atom is 0.254 e. The molecule has 0 radical (unpaired) electrons. The first kappa shape index (κ1) is 16.7. The second kappa shape index (κ2) is 6.60. The Hall–Kier alpha value is -3.48. The number of nitrogens with zero attached hydrogens (tertiary/aromatic N) is 4. The van der Waals surface area contributed by atoms with Crippen LogP contribution >= 0.6 is 0 Å². The van der Waals surface area contributed by atoms with E-state index in [2.05, 4.69) is 10.2 Å². The molecule has 7 nitrogen and oxygen atoms in total. The van der Waals surface area contributed by atoms with E-state index in [0.717, 1.165) is 24.3 Å². The maximum atomic E-state index is 13.1. The lowest BCUT2D eigenvalue weighted by atomic mass is 9.96. The van der Waals surface area contributed by atoms with E-state index in [4.69, 9.17) is 4.42 Å². The summed E-state index contributed by atoms with van der Waals surface area (Å²) in [5.74, 6) is 0.956. The second-order valence-electron chi connectivity index (χ2n) is 7.07. The fourth-order valence-corrected chi connectivity index (χ4v) is 3.91. The van der Waals surface area contributed by atoms with Crippen molar-refractivity contribution in [2.75, 3.05) is 13.1 Å². The summed E-state index contributed by atoms with van der Waals surface area (Å²) in [7, 11) is 0. The van der Waals surface area contributed by atoms with Gasteiger partial charge in [0.1, 0.15) is 11.4 Å². The number of benzene rings is 1. The number of amides is 1. The third-order valence-electron chi connectivity index (χ3n) is 5.32. The van der Waals surface area contributed by atoms with Gasteiger partial charge in [0.05, 0.1) is 11.6 Å². The van der Waals surface area contributed by atoms with Gasteiger partial charge in [-0.15, -0.1) is 10.2 Å². The largest absolute Gasteiger partial charge is 0.464 e. The number of likely N-dealkylation sites (tertiary alicyclic amines) is 1. The molecule has 0 bridgehead atoms. The molecule has 0 saturated carbocycles. The van der Waals surface area contributed by atoms with Crippen LogP contribution in [0.3, 0.4) is 0 Å². The molecule has 0 aliphatic carbocycles. The van der Waals surface area contributed by atoms with Crippen molar-refractivity contribution in [3.05, 3.63) is 76.5 Å². The van der Waals surface area contributed by atoms with Crippen LogP contribution in [-0.4, -0.2) is 38.5 Å². The third kappa shape index (κ3) is 2.76. The Kier molecular flexibility index (Phi) is 3.93. The molecule has 140 valence electrons. The summed E-state index contributed by atoms with van der Waals surface area (Å²) in [5, 5.41) is 9.07. The molecule has 1 fully saturated rings. The van der Waals surface area contributed by atoms with Crippen LogP contribution in [0.4, 0.5) is 0 Å². The summed E-state index contributed by atoms with van der Waals surface area (Å²) in [6.07, 6.45) is 5.18. The number of fused-ring (bicyclic) bond motifs is 2. The van der Waals surface area contributed by atoms with Crippen molar-refractivity contribution in [1.29, 1.82) is 0 Å². The lowest BCUT2D eigenvalue weighted by Crippen LogP contribution is -2.39. The van der Waals surface area contributed by atoms with Crippen molar-refractivity contribution in [2.45, 2.75) is 18.8 Å². The van der Waals surface area contributed by atoms with Crippen molar-refractivity contribution in [3.63, 3.8) is 0 Å². The fourth-order valence-electron chi connectivity index (χ4n) is 3.91. The van der Waals surface area contributed by atoms with Crippen LogP contribution in [0.1, 0.15) is 34.9 Å². The molecule has 4 aromatic rings. The first-order valence-electron chi connectivity index (χ1n) is 9.31. The Bertz CT molecular complexity index is 1240. The first-order valence-corrected chi connectivity index (χ1v) is 9.31. The number of carbonyl (C=O) groups excluding carboxylic acids is 1. The highest BCUT2D eigenvalue weighted by atomic mass is 16.3. The van der Waals surface area contributed by atoms with E-state index in [1.807, 2.05) is 33.7 Å². The van der Waals surface area contributed by atoms with Gasteiger partial charge in [-0.3, -0.25) is 14.0 Å². The molecule has 1 atom stereocenters. The van der Waals surface area contributed by atoms with Crippen LogP contribution in [0.2, 0.25) is 0 Å². The zero-order valence-corrected chi connectivity index (χ0v) is 15.1. The molecule has 4 heterocycles. The summed E-state index contributed by atoms with van der Waals surface area (Å²) in [6, 6.07) is 12.2. The molecule has 1 amide bonds. The lowest BCUT2D eigenvalue weighted by molar-refractivity contribution is 0.0704. The summed E-state index contributed by atoms with van der Waals surface area (Å²) in [6.45, 7) is 1.29. The molecule has 28 heavy (non-hydrogen) atoms. The Labute approximate surface area is 160 Å². The van der Waals surface area contributed by atoms with Gasteiger partial charge in [0.15, 0.2) is 11.1 Å². The van der Waals surface area contributed by atoms with E-state index in [0.29, 0.717) is 29.6 Å². The third-order valence-corrected chi connectivity index (χ3v) is 5.32. The van der Waals surface area contributed by atoms with Crippen LogP contribution in [0.25, 0.3) is 16.6 Å². The number of hydrogen-bond donors (Lipinski definition) is 0. The summed E-state index contributed by atoms with van der Waals surface area (Å²) in [5.41, 5.74) is 1.64. The smallest absolute Gasteiger partial charge is 0.254 e. The SMILES string of the molecule is O=C(c1ccc2c(=O)ccoc2c1)N1CCCC(c2nnc3ccccn23)C1. The molecule has 1 aliphatic rings. The topological polar surface area (TPSA) is 80.7 Å². The zero-order chi connectivity index (χ0) is 19.1. The van der Waals surface area contributed by atoms with Gasteiger partial charge in [-0.25, -0.2) is 0 Å². The van der Waals surface area contributed by atoms with Crippen LogP contribution < -0.4 is 5.43 Å².